The summed E-state index contributed by atoms with van der Waals surface area (Å²) in [6, 6.07) is 12.2. The lowest BCUT2D eigenvalue weighted by Gasteiger charge is -2.13. The number of benzene rings is 1. The predicted molar refractivity (Wildman–Crippen MR) is 102 cm³/mol. The minimum atomic E-state index is -0.113. The molecule has 1 aromatic carbocycles. The molecular weight excluding hydrogens is 326 g/mol. The average molecular weight is 351 g/mol. The van der Waals surface area contributed by atoms with Gasteiger partial charge in [-0.05, 0) is 50.5 Å². The van der Waals surface area contributed by atoms with Crippen LogP contribution in [0.25, 0.3) is 5.69 Å². The summed E-state index contributed by atoms with van der Waals surface area (Å²) in [5.41, 5.74) is 5.79. The Morgan fingerprint density at radius 1 is 1.19 bits per heavy atom. The number of rotatable bonds is 5. The van der Waals surface area contributed by atoms with Crippen LogP contribution in [0.2, 0.25) is 0 Å². The monoisotopic (exact) mass is 351 g/mol. The minimum absolute atomic E-state index is 0.113. The highest BCUT2D eigenvalue weighted by Gasteiger charge is 2.17. The maximum absolute atomic E-state index is 12.6. The Labute approximate surface area is 154 Å². The molecule has 0 aliphatic heterocycles. The lowest BCUT2D eigenvalue weighted by Crippen LogP contribution is -2.23. The Morgan fingerprint density at radius 3 is 2.62 bits per heavy atom. The number of aromatic nitrogens is 2. The van der Waals surface area contributed by atoms with Gasteiger partial charge in [0.1, 0.15) is 0 Å². The third-order valence-corrected chi connectivity index (χ3v) is 4.57. The van der Waals surface area contributed by atoms with Crippen molar-refractivity contribution in [2.24, 2.45) is 0 Å². The number of hydrogen-bond donors (Lipinski definition) is 1. The SMILES string of the molecule is Cc1cc(CNC(=O)c2cc(C)n(-c3cccc(C(C)C)c3)c2C)on1. The van der Waals surface area contributed by atoms with Crippen molar-refractivity contribution >= 4 is 5.91 Å². The standard InChI is InChI=1S/C21H25N3O2/c1-13(2)17-7-6-8-18(11-17)24-15(4)10-20(16(24)5)21(25)22-12-19-9-14(3)23-26-19/h6-11,13H,12H2,1-5H3,(H,22,25). The van der Waals surface area contributed by atoms with Crippen molar-refractivity contribution in [3.63, 3.8) is 0 Å². The molecule has 0 spiro atoms. The third kappa shape index (κ3) is 3.57. The first-order valence-electron chi connectivity index (χ1n) is 8.86. The van der Waals surface area contributed by atoms with Crippen molar-refractivity contribution in [1.29, 1.82) is 0 Å². The van der Waals surface area contributed by atoms with Crippen LogP contribution in [0.4, 0.5) is 0 Å². The summed E-state index contributed by atoms with van der Waals surface area (Å²) < 4.78 is 7.27. The fourth-order valence-electron chi connectivity index (χ4n) is 3.18. The summed E-state index contributed by atoms with van der Waals surface area (Å²) in [7, 11) is 0. The molecule has 0 aliphatic rings. The number of aryl methyl sites for hydroxylation is 2. The van der Waals surface area contributed by atoms with Crippen LogP contribution in [-0.2, 0) is 6.54 Å². The molecule has 0 radical (unpaired) electrons. The van der Waals surface area contributed by atoms with Crippen molar-refractivity contribution in [1.82, 2.24) is 15.0 Å². The molecule has 2 aromatic heterocycles. The van der Waals surface area contributed by atoms with Crippen molar-refractivity contribution in [2.45, 2.75) is 47.1 Å². The maximum atomic E-state index is 12.6. The van der Waals surface area contributed by atoms with Crippen LogP contribution < -0.4 is 5.32 Å². The van der Waals surface area contributed by atoms with E-state index < -0.39 is 0 Å². The Hall–Kier alpha value is -2.82. The van der Waals surface area contributed by atoms with Crippen LogP contribution in [0.3, 0.4) is 0 Å². The van der Waals surface area contributed by atoms with Gasteiger partial charge in [0, 0.05) is 23.1 Å². The molecule has 1 N–H and O–H groups in total. The number of nitrogens with one attached hydrogen (secondary N) is 1. The van der Waals surface area contributed by atoms with Gasteiger partial charge in [-0.2, -0.15) is 0 Å². The summed E-state index contributed by atoms with van der Waals surface area (Å²) in [6.45, 7) is 10.5. The summed E-state index contributed by atoms with van der Waals surface area (Å²) in [4.78, 5) is 12.6. The molecule has 5 nitrogen and oxygen atoms in total. The highest BCUT2D eigenvalue weighted by Crippen LogP contribution is 2.24. The van der Waals surface area contributed by atoms with Gasteiger partial charge in [-0.15, -0.1) is 0 Å². The first-order chi connectivity index (χ1) is 12.4. The van der Waals surface area contributed by atoms with Crippen LogP contribution in [0.5, 0.6) is 0 Å². The molecule has 5 heteroatoms. The van der Waals surface area contributed by atoms with Crippen molar-refractivity contribution in [3.05, 3.63) is 70.4 Å². The van der Waals surface area contributed by atoms with Gasteiger partial charge in [0.15, 0.2) is 5.76 Å². The smallest absolute Gasteiger partial charge is 0.253 e. The van der Waals surface area contributed by atoms with Gasteiger partial charge in [-0.1, -0.05) is 31.1 Å². The first-order valence-corrected chi connectivity index (χ1v) is 8.86. The minimum Gasteiger partial charge on any atom is -0.359 e. The molecule has 0 saturated carbocycles. The number of carbonyl (C=O) groups is 1. The molecule has 0 aliphatic carbocycles. The average Bonchev–Trinajstić information content (AvgIpc) is 3.15. The molecular formula is C21H25N3O2. The number of hydrogen-bond acceptors (Lipinski definition) is 3. The molecule has 3 rings (SSSR count). The second kappa shape index (κ2) is 7.20. The van der Waals surface area contributed by atoms with E-state index in [1.54, 1.807) is 0 Å². The topological polar surface area (TPSA) is 60.1 Å². The quantitative estimate of drug-likeness (QED) is 0.739. The molecule has 1 amide bonds. The van der Waals surface area contributed by atoms with E-state index in [4.69, 9.17) is 4.52 Å². The van der Waals surface area contributed by atoms with Crippen molar-refractivity contribution in [2.75, 3.05) is 0 Å². The molecule has 26 heavy (non-hydrogen) atoms. The summed E-state index contributed by atoms with van der Waals surface area (Å²) >= 11 is 0. The predicted octanol–water partition coefficient (Wildman–Crippen LogP) is 4.44. The molecule has 0 bridgehead atoms. The molecule has 0 unspecified atom stereocenters. The van der Waals surface area contributed by atoms with E-state index in [1.807, 2.05) is 32.9 Å². The number of amides is 1. The largest absolute Gasteiger partial charge is 0.359 e. The van der Waals surface area contributed by atoms with Crippen LogP contribution in [0, 0.1) is 20.8 Å². The molecule has 0 fully saturated rings. The molecule has 0 atom stereocenters. The first kappa shape index (κ1) is 18.0. The molecule has 3 aromatic rings. The van der Waals surface area contributed by atoms with Gasteiger partial charge in [-0.3, -0.25) is 4.79 Å². The lowest BCUT2D eigenvalue weighted by atomic mass is 10.0. The van der Waals surface area contributed by atoms with E-state index in [9.17, 15) is 4.79 Å². The Morgan fingerprint density at radius 2 is 1.96 bits per heavy atom. The zero-order valence-electron chi connectivity index (χ0n) is 16.0. The molecule has 0 saturated heterocycles. The van der Waals surface area contributed by atoms with Crippen molar-refractivity contribution < 1.29 is 9.32 Å². The molecule has 136 valence electrons. The van der Waals surface area contributed by atoms with Gasteiger partial charge in [0.05, 0.1) is 17.8 Å². The maximum Gasteiger partial charge on any atom is 0.253 e. The Kier molecular flexibility index (Phi) is 4.98. The van der Waals surface area contributed by atoms with E-state index in [-0.39, 0.29) is 5.91 Å². The van der Waals surface area contributed by atoms with Gasteiger partial charge in [0.2, 0.25) is 0 Å². The van der Waals surface area contributed by atoms with E-state index in [2.05, 4.69) is 53.2 Å². The molecule has 2 heterocycles. The van der Waals surface area contributed by atoms with Gasteiger partial charge in [0.25, 0.3) is 5.91 Å². The van der Waals surface area contributed by atoms with Crippen LogP contribution >= 0.6 is 0 Å². The van der Waals surface area contributed by atoms with E-state index in [0.717, 1.165) is 22.8 Å². The fraction of sp³-hybridized carbons (Fsp3) is 0.333. The zero-order chi connectivity index (χ0) is 18.8. The lowest BCUT2D eigenvalue weighted by molar-refractivity contribution is 0.0946. The number of nitrogens with zero attached hydrogens (tertiary/aromatic N) is 2. The second-order valence-corrected chi connectivity index (χ2v) is 6.99. The second-order valence-electron chi connectivity index (χ2n) is 6.99. The summed E-state index contributed by atoms with van der Waals surface area (Å²) in [5, 5.41) is 6.74. The zero-order valence-corrected chi connectivity index (χ0v) is 16.0. The van der Waals surface area contributed by atoms with Crippen molar-refractivity contribution in [3.8, 4) is 5.69 Å². The Balaban J connectivity index is 1.85. The van der Waals surface area contributed by atoms with Gasteiger partial charge >= 0.3 is 0 Å². The summed E-state index contributed by atoms with van der Waals surface area (Å²) in [6.07, 6.45) is 0. The highest BCUT2D eigenvalue weighted by molar-refractivity contribution is 5.95. The van der Waals surface area contributed by atoms with Gasteiger partial charge < -0.3 is 14.4 Å². The van der Waals surface area contributed by atoms with Crippen LogP contribution in [0.15, 0.2) is 40.9 Å². The third-order valence-electron chi connectivity index (χ3n) is 4.57. The van der Waals surface area contributed by atoms with Gasteiger partial charge in [-0.25, -0.2) is 0 Å². The summed E-state index contributed by atoms with van der Waals surface area (Å²) in [5.74, 6) is 0.993. The van der Waals surface area contributed by atoms with E-state index >= 15 is 0 Å². The highest BCUT2D eigenvalue weighted by atomic mass is 16.5. The number of carbonyl (C=O) groups excluding carboxylic acids is 1. The van der Waals surface area contributed by atoms with Crippen LogP contribution in [0.1, 0.15) is 58.5 Å². The van der Waals surface area contributed by atoms with E-state index in [1.165, 1.54) is 5.56 Å². The Bertz CT molecular complexity index is 935. The van der Waals surface area contributed by atoms with E-state index in [0.29, 0.717) is 23.8 Å². The fourth-order valence-corrected chi connectivity index (χ4v) is 3.18. The normalized spacial score (nSPS) is 11.2. The van der Waals surface area contributed by atoms with Crippen LogP contribution in [-0.4, -0.2) is 15.6 Å².